The first kappa shape index (κ1) is 28.5. The number of halogens is 1. The number of amides is 2. The predicted molar refractivity (Wildman–Crippen MR) is 163 cm³/mol. The molecule has 40 heavy (non-hydrogen) atoms. The first-order valence-corrected chi connectivity index (χ1v) is 13.7. The second-order valence-corrected chi connectivity index (χ2v) is 9.91. The lowest BCUT2D eigenvalue weighted by Gasteiger charge is -2.24. The van der Waals surface area contributed by atoms with Crippen LogP contribution >= 0.6 is 15.9 Å². The summed E-state index contributed by atoms with van der Waals surface area (Å²) in [6, 6.07) is 28.5. The fourth-order valence-electron chi connectivity index (χ4n) is 4.07. The molecule has 0 radical (unpaired) electrons. The highest BCUT2D eigenvalue weighted by Gasteiger charge is 2.23. The van der Waals surface area contributed by atoms with E-state index in [4.69, 9.17) is 4.74 Å². The molecule has 0 spiro atoms. The second kappa shape index (κ2) is 13.5. The first-order valence-electron chi connectivity index (χ1n) is 12.9. The van der Waals surface area contributed by atoms with Gasteiger partial charge in [-0.2, -0.15) is 0 Å². The zero-order valence-corrected chi connectivity index (χ0v) is 23.9. The SMILES string of the molecule is CCCOc1ccc(/C=C/C(=O)Nc2ccc(N(C(C)=O)c3ccc(Br)cc3)c(C(=O)c3ccccc3)c2)cc1. The van der Waals surface area contributed by atoms with Crippen molar-refractivity contribution in [3.63, 3.8) is 0 Å². The van der Waals surface area contributed by atoms with Gasteiger partial charge in [-0.15, -0.1) is 0 Å². The van der Waals surface area contributed by atoms with Gasteiger partial charge >= 0.3 is 0 Å². The van der Waals surface area contributed by atoms with Crippen LogP contribution in [-0.2, 0) is 9.59 Å². The lowest BCUT2D eigenvalue weighted by atomic mass is 9.99. The molecular weight excluding hydrogens is 568 g/mol. The van der Waals surface area contributed by atoms with Crippen LogP contribution in [0.15, 0.2) is 108 Å². The monoisotopic (exact) mass is 596 g/mol. The van der Waals surface area contributed by atoms with E-state index >= 15 is 0 Å². The average molecular weight is 598 g/mol. The molecule has 0 heterocycles. The normalized spacial score (nSPS) is 10.8. The molecular formula is C33H29BrN2O4. The summed E-state index contributed by atoms with van der Waals surface area (Å²) in [6.07, 6.45) is 4.06. The third kappa shape index (κ3) is 7.33. The Bertz CT molecular complexity index is 1510. The summed E-state index contributed by atoms with van der Waals surface area (Å²) in [5.74, 6) is -0.0957. The molecule has 0 aliphatic carbocycles. The Morgan fingerprint density at radius 3 is 2.25 bits per heavy atom. The van der Waals surface area contributed by atoms with Crippen molar-refractivity contribution in [3.05, 3.63) is 124 Å². The number of ether oxygens (including phenoxy) is 1. The molecule has 7 heteroatoms. The molecule has 0 aliphatic heterocycles. The quantitative estimate of drug-likeness (QED) is 0.150. The molecule has 0 saturated carbocycles. The van der Waals surface area contributed by atoms with Crippen molar-refractivity contribution in [2.75, 3.05) is 16.8 Å². The third-order valence-corrected chi connectivity index (χ3v) is 6.49. The summed E-state index contributed by atoms with van der Waals surface area (Å²) in [5, 5.41) is 2.83. The van der Waals surface area contributed by atoms with Crippen LogP contribution in [0.2, 0.25) is 0 Å². The molecule has 0 fully saturated rings. The number of benzene rings is 4. The fourth-order valence-corrected chi connectivity index (χ4v) is 4.33. The molecule has 4 aromatic carbocycles. The third-order valence-electron chi connectivity index (χ3n) is 5.97. The summed E-state index contributed by atoms with van der Waals surface area (Å²) in [5.41, 5.74) is 3.07. The largest absolute Gasteiger partial charge is 0.494 e. The number of hydrogen-bond donors (Lipinski definition) is 1. The van der Waals surface area contributed by atoms with Crippen LogP contribution in [-0.4, -0.2) is 24.2 Å². The maximum atomic E-state index is 13.6. The Hall–Kier alpha value is -4.49. The smallest absolute Gasteiger partial charge is 0.248 e. The molecule has 0 atom stereocenters. The van der Waals surface area contributed by atoms with E-state index in [0.717, 1.165) is 22.2 Å². The molecule has 4 aromatic rings. The Balaban J connectivity index is 1.63. The van der Waals surface area contributed by atoms with E-state index in [-0.39, 0.29) is 23.2 Å². The van der Waals surface area contributed by atoms with Gasteiger partial charge in [-0.25, -0.2) is 0 Å². The van der Waals surface area contributed by atoms with Gasteiger partial charge < -0.3 is 10.1 Å². The van der Waals surface area contributed by atoms with Gasteiger partial charge in [-0.1, -0.05) is 65.3 Å². The van der Waals surface area contributed by atoms with Crippen LogP contribution < -0.4 is 15.0 Å². The lowest BCUT2D eigenvalue weighted by Crippen LogP contribution is -2.25. The van der Waals surface area contributed by atoms with Crippen LogP contribution in [0.5, 0.6) is 5.75 Å². The molecule has 0 aromatic heterocycles. The highest BCUT2D eigenvalue weighted by molar-refractivity contribution is 9.10. The minimum Gasteiger partial charge on any atom is -0.494 e. The Morgan fingerprint density at radius 2 is 1.60 bits per heavy atom. The predicted octanol–water partition coefficient (Wildman–Crippen LogP) is 7.81. The zero-order chi connectivity index (χ0) is 28.5. The zero-order valence-electron chi connectivity index (χ0n) is 22.3. The number of hydrogen-bond acceptors (Lipinski definition) is 4. The molecule has 6 nitrogen and oxygen atoms in total. The topological polar surface area (TPSA) is 75.7 Å². The van der Waals surface area contributed by atoms with Gasteiger partial charge in [0, 0.05) is 40.0 Å². The van der Waals surface area contributed by atoms with Crippen LogP contribution in [0.1, 0.15) is 41.8 Å². The van der Waals surface area contributed by atoms with E-state index in [2.05, 4.69) is 21.2 Å². The average Bonchev–Trinajstić information content (AvgIpc) is 2.97. The van der Waals surface area contributed by atoms with Crippen molar-refractivity contribution in [2.45, 2.75) is 20.3 Å². The number of nitrogens with zero attached hydrogens (tertiary/aromatic N) is 1. The van der Waals surface area contributed by atoms with Crippen LogP contribution in [0.25, 0.3) is 6.08 Å². The van der Waals surface area contributed by atoms with E-state index < -0.39 is 0 Å². The molecule has 1 N–H and O–H groups in total. The van der Waals surface area contributed by atoms with Crippen molar-refractivity contribution < 1.29 is 19.1 Å². The van der Waals surface area contributed by atoms with Gasteiger partial charge in [0.25, 0.3) is 0 Å². The highest BCUT2D eigenvalue weighted by Crippen LogP contribution is 2.33. The van der Waals surface area contributed by atoms with Gasteiger partial charge in [0.2, 0.25) is 11.8 Å². The van der Waals surface area contributed by atoms with Gasteiger partial charge in [-0.3, -0.25) is 19.3 Å². The summed E-state index contributed by atoms with van der Waals surface area (Å²) in [4.78, 5) is 40.7. The Labute approximate surface area is 242 Å². The fraction of sp³-hybridized carbons (Fsp3) is 0.121. The maximum Gasteiger partial charge on any atom is 0.248 e. The Kier molecular flexibility index (Phi) is 9.65. The summed E-state index contributed by atoms with van der Waals surface area (Å²) < 4.78 is 6.46. The van der Waals surface area contributed by atoms with Crippen LogP contribution in [0, 0.1) is 0 Å². The van der Waals surface area contributed by atoms with Crippen LogP contribution in [0.3, 0.4) is 0 Å². The van der Waals surface area contributed by atoms with E-state index in [9.17, 15) is 14.4 Å². The van der Waals surface area contributed by atoms with Crippen molar-refractivity contribution in [3.8, 4) is 5.75 Å². The number of ketones is 1. The van der Waals surface area contributed by atoms with Gasteiger partial charge in [0.1, 0.15) is 5.75 Å². The van der Waals surface area contributed by atoms with Gasteiger partial charge in [-0.05, 0) is 72.7 Å². The van der Waals surface area contributed by atoms with Gasteiger partial charge in [0.05, 0.1) is 12.3 Å². The van der Waals surface area contributed by atoms with Crippen molar-refractivity contribution in [1.82, 2.24) is 0 Å². The Morgan fingerprint density at radius 1 is 0.900 bits per heavy atom. The van der Waals surface area contributed by atoms with E-state index in [1.165, 1.54) is 17.9 Å². The minimum absolute atomic E-state index is 0.254. The standard InChI is InChI=1S/C33H29BrN2O4/c1-3-21-40-29-17-9-24(10-18-29)11-20-32(38)35-27-14-19-31(30(22-27)33(39)25-7-5-4-6-8-25)36(23(2)37)28-15-12-26(34)13-16-28/h4-20,22H,3,21H2,1-2H3,(H,35,38)/b20-11+. The molecule has 0 unspecified atom stereocenters. The number of rotatable bonds is 10. The number of carbonyl (C=O) groups is 3. The second-order valence-electron chi connectivity index (χ2n) is 9.00. The molecule has 0 bridgehead atoms. The van der Waals surface area contributed by atoms with E-state index in [1.54, 1.807) is 60.7 Å². The number of anilines is 3. The van der Waals surface area contributed by atoms with Crippen molar-refractivity contribution in [1.29, 1.82) is 0 Å². The molecule has 0 aliphatic rings. The molecule has 0 saturated heterocycles. The van der Waals surface area contributed by atoms with Crippen LogP contribution in [0.4, 0.5) is 17.1 Å². The number of carbonyl (C=O) groups excluding carboxylic acids is 3. The van der Waals surface area contributed by atoms with Crippen molar-refractivity contribution in [2.24, 2.45) is 0 Å². The highest BCUT2D eigenvalue weighted by atomic mass is 79.9. The van der Waals surface area contributed by atoms with E-state index in [0.29, 0.717) is 29.2 Å². The first-order chi connectivity index (χ1) is 19.4. The number of nitrogens with one attached hydrogen (secondary N) is 1. The lowest BCUT2D eigenvalue weighted by molar-refractivity contribution is -0.116. The van der Waals surface area contributed by atoms with Gasteiger partial charge in [0.15, 0.2) is 5.78 Å². The van der Waals surface area contributed by atoms with Crippen molar-refractivity contribution >= 4 is 56.7 Å². The summed E-state index contributed by atoms with van der Waals surface area (Å²) in [6.45, 7) is 4.14. The minimum atomic E-state index is -0.353. The maximum absolute atomic E-state index is 13.6. The summed E-state index contributed by atoms with van der Waals surface area (Å²) in [7, 11) is 0. The molecule has 4 rings (SSSR count). The molecule has 2 amide bonds. The summed E-state index contributed by atoms with van der Waals surface area (Å²) >= 11 is 3.42. The molecule has 202 valence electrons. The van der Waals surface area contributed by atoms with E-state index in [1.807, 2.05) is 49.4 Å².